The zero-order valence-electron chi connectivity index (χ0n) is 20.2. The number of hydrogen-bond donors (Lipinski definition) is 2. The summed E-state index contributed by atoms with van der Waals surface area (Å²) in [5, 5.41) is 2.84. The topological polar surface area (TPSA) is 105 Å². The SMILES string of the molecule is COc1ccc(CNC(=O)[C@H](Cc2ccccc2)NS(=O)(=O)c2ccc3c(c2)CCN3C(C)=O)cc1. The minimum Gasteiger partial charge on any atom is -0.497 e. The summed E-state index contributed by atoms with van der Waals surface area (Å²) in [6.07, 6.45) is 0.769. The van der Waals surface area contributed by atoms with Crippen LogP contribution in [0.15, 0.2) is 77.7 Å². The van der Waals surface area contributed by atoms with Crippen LogP contribution in [0.5, 0.6) is 5.75 Å². The molecule has 2 N–H and O–H groups in total. The van der Waals surface area contributed by atoms with Crippen molar-refractivity contribution in [3.05, 3.63) is 89.5 Å². The molecular formula is C27H29N3O5S. The second kappa shape index (κ2) is 10.9. The molecular weight excluding hydrogens is 478 g/mol. The number of carbonyl (C=O) groups is 2. The van der Waals surface area contributed by atoms with E-state index in [4.69, 9.17) is 4.74 Å². The van der Waals surface area contributed by atoms with E-state index >= 15 is 0 Å². The Morgan fingerprint density at radius 3 is 2.39 bits per heavy atom. The van der Waals surface area contributed by atoms with Gasteiger partial charge in [0.25, 0.3) is 0 Å². The van der Waals surface area contributed by atoms with E-state index < -0.39 is 22.0 Å². The second-order valence-electron chi connectivity index (χ2n) is 8.64. The van der Waals surface area contributed by atoms with Crippen LogP contribution in [0.2, 0.25) is 0 Å². The number of benzene rings is 3. The fourth-order valence-corrected chi connectivity index (χ4v) is 5.47. The van der Waals surface area contributed by atoms with E-state index in [1.54, 1.807) is 36.3 Å². The number of methoxy groups -OCH3 is 1. The summed E-state index contributed by atoms with van der Waals surface area (Å²) in [4.78, 5) is 26.7. The summed E-state index contributed by atoms with van der Waals surface area (Å²) in [6.45, 7) is 2.25. The summed E-state index contributed by atoms with van der Waals surface area (Å²) >= 11 is 0. The first-order valence-electron chi connectivity index (χ1n) is 11.6. The standard InChI is InChI=1S/C27H29N3O5S/c1-19(31)30-15-14-22-17-24(12-13-26(22)30)36(33,34)29-25(16-20-6-4-3-5-7-20)27(32)28-18-21-8-10-23(35-2)11-9-21/h3-13,17,25,29H,14-16,18H2,1-2H3,(H,28,32)/t25-/m0/s1. The minimum atomic E-state index is -4.01. The summed E-state index contributed by atoms with van der Waals surface area (Å²) in [5.74, 6) is 0.196. The van der Waals surface area contributed by atoms with Crippen molar-refractivity contribution in [2.75, 3.05) is 18.6 Å². The number of carbonyl (C=O) groups excluding carboxylic acids is 2. The lowest BCUT2D eigenvalue weighted by molar-refractivity contribution is -0.123. The van der Waals surface area contributed by atoms with Crippen molar-refractivity contribution in [1.29, 1.82) is 0 Å². The molecule has 1 heterocycles. The number of nitrogens with one attached hydrogen (secondary N) is 2. The molecule has 0 radical (unpaired) electrons. The van der Waals surface area contributed by atoms with Crippen LogP contribution in [0.3, 0.4) is 0 Å². The van der Waals surface area contributed by atoms with Gasteiger partial charge in [0.2, 0.25) is 21.8 Å². The molecule has 2 amide bonds. The fraction of sp³-hybridized carbons (Fsp3) is 0.259. The van der Waals surface area contributed by atoms with Crippen LogP contribution >= 0.6 is 0 Å². The van der Waals surface area contributed by atoms with Crippen molar-refractivity contribution in [1.82, 2.24) is 10.0 Å². The van der Waals surface area contributed by atoms with Crippen molar-refractivity contribution >= 4 is 27.5 Å². The van der Waals surface area contributed by atoms with Crippen molar-refractivity contribution in [3.63, 3.8) is 0 Å². The Morgan fingerprint density at radius 1 is 1.00 bits per heavy atom. The molecule has 3 aromatic carbocycles. The van der Waals surface area contributed by atoms with Gasteiger partial charge < -0.3 is 15.0 Å². The van der Waals surface area contributed by atoms with E-state index in [1.807, 2.05) is 42.5 Å². The molecule has 0 fully saturated rings. The molecule has 0 aliphatic carbocycles. The molecule has 1 aliphatic rings. The summed E-state index contributed by atoms with van der Waals surface area (Å²) in [7, 11) is -2.43. The van der Waals surface area contributed by atoms with Crippen molar-refractivity contribution < 1.29 is 22.7 Å². The van der Waals surface area contributed by atoms with Gasteiger partial charge in [-0.15, -0.1) is 0 Å². The summed E-state index contributed by atoms with van der Waals surface area (Å²) < 4.78 is 34.4. The number of sulfonamides is 1. The Labute approximate surface area is 211 Å². The van der Waals surface area contributed by atoms with E-state index in [0.29, 0.717) is 18.7 Å². The Balaban J connectivity index is 1.53. The lowest BCUT2D eigenvalue weighted by Gasteiger charge is -2.20. The summed E-state index contributed by atoms with van der Waals surface area (Å²) in [6, 6.07) is 20.2. The van der Waals surface area contributed by atoms with Crippen LogP contribution in [0.4, 0.5) is 5.69 Å². The van der Waals surface area contributed by atoms with Gasteiger partial charge in [-0.2, -0.15) is 4.72 Å². The third-order valence-corrected chi connectivity index (χ3v) is 7.63. The Morgan fingerprint density at radius 2 is 1.72 bits per heavy atom. The maximum atomic E-state index is 13.3. The molecule has 0 saturated carbocycles. The van der Waals surface area contributed by atoms with Crippen molar-refractivity contribution in [2.45, 2.75) is 37.2 Å². The van der Waals surface area contributed by atoms with Crippen LogP contribution in [0, 0.1) is 0 Å². The maximum absolute atomic E-state index is 13.3. The third kappa shape index (κ3) is 5.92. The molecule has 0 saturated heterocycles. The molecule has 1 atom stereocenters. The van der Waals surface area contributed by atoms with Crippen LogP contribution in [-0.4, -0.2) is 39.9 Å². The van der Waals surface area contributed by atoms with E-state index in [9.17, 15) is 18.0 Å². The Kier molecular flexibility index (Phi) is 7.71. The number of nitrogens with zero attached hydrogens (tertiary/aromatic N) is 1. The van der Waals surface area contributed by atoms with E-state index in [2.05, 4.69) is 10.0 Å². The smallest absolute Gasteiger partial charge is 0.241 e. The van der Waals surface area contributed by atoms with Gasteiger partial charge >= 0.3 is 0 Å². The molecule has 0 bridgehead atoms. The third-order valence-electron chi connectivity index (χ3n) is 6.16. The zero-order chi connectivity index (χ0) is 25.7. The molecule has 1 aliphatic heterocycles. The molecule has 0 unspecified atom stereocenters. The van der Waals surface area contributed by atoms with Crippen LogP contribution < -0.4 is 19.7 Å². The second-order valence-corrected chi connectivity index (χ2v) is 10.4. The molecule has 188 valence electrons. The highest BCUT2D eigenvalue weighted by molar-refractivity contribution is 7.89. The van der Waals surface area contributed by atoms with Gasteiger partial charge in [0.15, 0.2) is 0 Å². The monoisotopic (exact) mass is 507 g/mol. The van der Waals surface area contributed by atoms with Crippen LogP contribution in [0.25, 0.3) is 0 Å². The molecule has 0 aromatic heterocycles. The number of fused-ring (bicyclic) bond motifs is 1. The maximum Gasteiger partial charge on any atom is 0.241 e. The predicted octanol–water partition coefficient (Wildman–Crippen LogP) is 2.81. The average molecular weight is 508 g/mol. The normalized spacial score (nSPS) is 13.7. The Hall–Kier alpha value is -3.69. The van der Waals surface area contributed by atoms with Gasteiger partial charge in [-0.25, -0.2) is 8.42 Å². The molecule has 8 nitrogen and oxygen atoms in total. The predicted molar refractivity (Wildman–Crippen MR) is 137 cm³/mol. The highest BCUT2D eigenvalue weighted by Crippen LogP contribution is 2.30. The first-order chi connectivity index (χ1) is 17.3. The number of rotatable bonds is 9. The molecule has 9 heteroatoms. The zero-order valence-corrected chi connectivity index (χ0v) is 21.0. The average Bonchev–Trinajstić information content (AvgIpc) is 3.31. The first kappa shape index (κ1) is 25.4. The first-order valence-corrected chi connectivity index (χ1v) is 13.1. The quantitative estimate of drug-likeness (QED) is 0.464. The molecule has 3 aromatic rings. The lowest BCUT2D eigenvalue weighted by Crippen LogP contribution is -2.47. The van der Waals surface area contributed by atoms with Gasteiger partial charge in [-0.05, 0) is 59.9 Å². The number of ether oxygens (including phenoxy) is 1. The number of hydrogen-bond acceptors (Lipinski definition) is 5. The Bertz CT molecular complexity index is 1340. The van der Waals surface area contributed by atoms with Gasteiger partial charge in [0.1, 0.15) is 11.8 Å². The lowest BCUT2D eigenvalue weighted by atomic mass is 10.1. The van der Waals surface area contributed by atoms with Crippen LogP contribution in [0.1, 0.15) is 23.6 Å². The highest BCUT2D eigenvalue weighted by Gasteiger charge is 2.28. The van der Waals surface area contributed by atoms with Crippen LogP contribution in [-0.2, 0) is 39.0 Å². The van der Waals surface area contributed by atoms with Crippen molar-refractivity contribution in [2.24, 2.45) is 0 Å². The van der Waals surface area contributed by atoms with Gasteiger partial charge in [0, 0.05) is 25.7 Å². The van der Waals surface area contributed by atoms with E-state index in [0.717, 1.165) is 22.4 Å². The van der Waals surface area contributed by atoms with Crippen molar-refractivity contribution in [3.8, 4) is 5.75 Å². The largest absolute Gasteiger partial charge is 0.497 e. The fourth-order valence-electron chi connectivity index (χ4n) is 4.22. The minimum absolute atomic E-state index is 0.0627. The molecule has 36 heavy (non-hydrogen) atoms. The van der Waals surface area contributed by atoms with Gasteiger partial charge in [-0.3, -0.25) is 9.59 Å². The number of anilines is 1. The van der Waals surface area contributed by atoms with E-state index in [1.165, 1.54) is 13.0 Å². The molecule has 0 spiro atoms. The van der Waals surface area contributed by atoms with Gasteiger partial charge in [0.05, 0.1) is 12.0 Å². The summed E-state index contributed by atoms with van der Waals surface area (Å²) in [5.41, 5.74) is 3.20. The number of amides is 2. The van der Waals surface area contributed by atoms with E-state index in [-0.39, 0.29) is 23.8 Å². The highest BCUT2D eigenvalue weighted by atomic mass is 32.2. The molecule has 4 rings (SSSR count). The van der Waals surface area contributed by atoms with Gasteiger partial charge in [-0.1, -0.05) is 42.5 Å².